The molecule has 0 aliphatic carbocycles. The van der Waals surface area contributed by atoms with Gasteiger partial charge in [-0.25, -0.2) is 14.3 Å². The molecule has 2 aromatic heterocycles. The number of benzene rings is 1. The van der Waals surface area contributed by atoms with E-state index in [1.807, 2.05) is 31.2 Å². The van der Waals surface area contributed by atoms with Crippen molar-refractivity contribution < 1.29 is 14.3 Å². The summed E-state index contributed by atoms with van der Waals surface area (Å²) in [6.45, 7) is 2.48. The van der Waals surface area contributed by atoms with Gasteiger partial charge < -0.3 is 18.9 Å². The zero-order chi connectivity index (χ0) is 21.4. The Kier molecular flexibility index (Phi) is 5.06. The van der Waals surface area contributed by atoms with Crippen LogP contribution in [0.25, 0.3) is 11.2 Å². The molecule has 3 aromatic rings. The molecule has 1 aliphatic heterocycles. The summed E-state index contributed by atoms with van der Waals surface area (Å²) in [5, 5.41) is 0. The summed E-state index contributed by atoms with van der Waals surface area (Å²) in [6.07, 6.45) is 1.12. The molecule has 0 saturated heterocycles. The van der Waals surface area contributed by atoms with Crippen LogP contribution in [0.2, 0.25) is 0 Å². The Hall–Kier alpha value is -3.56. The molecule has 1 aliphatic rings. The molecule has 3 heterocycles. The van der Waals surface area contributed by atoms with E-state index in [0.717, 1.165) is 4.57 Å². The van der Waals surface area contributed by atoms with Gasteiger partial charge in [-0.15, -0.1) is 0 Å². The van der Waals surface area contributed by atoms with Crippen molar-refractivity contribution in [2.45, 2.75) is 19.6 Å². The minimum Gasteiger partial charge on any atom is -0.486 e. The van der Waals surface area contributed by atoms with Crippen LogP contribution in [-0.2, 0) is 25.4 Å². The Morgan fingerprint density at radius 1 is 1.23 bits per heavy atom. The van der Waals surface area contributed by atoms with Gasteiger partial charge in [0.15, 0.2) is 28.8 Å². The molecular weight excluding hydrogens is 390 g/mol. The third kappa shape index (κ3) is 3.34. The maximum atomic E-state index is 12.9. The Morgan fingerprint density at radius 2 is 1.97 bits per heavy atom. The van der Waals surface area contributed by atoms with Crippen LogP contribution in [0, 0.1) is 0 Å². The van der Waals surface area contributed by atoms with Crippen LogP contribution in [0.5, 0.6) is 11.5 Å². The number of nitrogens with zero attached hydrogens (tertiary/aromatic N) is 5. The fraction of sp³-hybridized carbons (Fsp3) is 0.400. The van der Waals surface area contributed by atoms with E-state index in [1.165, 1.54) is 17.9 Å². The lowest BCUT2D eigenvalue weighted by molar-refractivity contribution is -0.133. The SMILES string of the molecule is CCN(CC1COc2ccccc2O1)C(=O)Cn1c(=O)c2c(ncn2C)n(C)c1=O. The first-order chi connectivity index (χ1) is 14.4. The van der Waals surface area contributed by atoms with E-state index >= 15 is 0 Å². The molecule has 0 bridgehead atoms. The summed E-state index contributed by atoms with van der Waals surface area (Å²) in [4.78, 5) is 44.1. The molecule has 10 heteroatoms. The molecule has 10 nitrogen and oxygen atoms in total. The Labute approximate surface area is 171 Å². The molecule has 0 radical (unpaired) electrons. The number of fused-ring (bicyclic) bond motifs is 2. The molecular formula is C20H23N5O5. The van der Waals surface area contributed by atoms with Crippen LogP contribution in [-0.4, -0.2) is 55.3 Å². The lowest BCUT2D eigenvalue weighted by atomic mass is 10.2. The number of amides is 1. The van der Waals surface area contributed by atoms with E-state index in [2.05, 4.69) is 4.98 Å². The van der Waals surface area contributed by atoms with Gasteiger partial charge in [-0.1, -0.05) is 12.1 Å². The first-order valence-corrected chi connectivity index (χ1v) is 9.67. The van der Waals surface area contributed by atoms with Crippen LogP contribution in [0.1, 0.15) is 6.92 Å². The zero-order valence-electron chi connectivity index (χ0n) is 17.1. The van der Waals surface area contributed by atoms with Crippen molar-refractivity contribution in [2.75, 3.05) is 19.7 Å². The maximum Gasteiger partial charge on any atom is 0.332 e. The molecule has 30 heavy (non-hydrogen) atoms. The summed E-state index contributed by atoms with van der Waals surface area (Å²) < 4.78 is 15.4. The highest BCUT2D eigenvalue weighted by Gasteiger charge is 2.26. The highest BCUT2D eigenvalue weighted by atomic mass is 16.6. The zero-order valence-corrected chi connectivity index (χ0v) is 17.1. The smallest absolute Gasteiger partial charge is 0.332 e. The van der Waals surface area contributed by atoms with Gasteiger partial charge in [-0.3, -0.25) is 14.2 Å². The van der Waals surface area contributed by atoms with Gasteiger partial charge in [0, 0.05) is 20.6 Å². The Balaban J connectivity index is 1.55. The molecule has 158 valence electrons. The van der Waals surface area contributed by atoms with E-state index < -0.39 is 11.2 Å². The lowest BCUT2D eigenvalue weighted by Gasteiger charge is -2.31. The second kappa shape index (κ2) is 7.69. The van der Waals surface area contributed by atoms with Gasteiger partial charge in [0.05, 0.1) is 12.9 Å². The van der Waals surface area contributed by atoms with Crippen molar-refractivity contribution >= 4 is 17.1 Å². The number of ether oxygens (including phenoxy) is 2. The van der Waals surface area contributed by atoms with Gasteiger partial charge in [-0.05, 0) is 19.1 Å². The summed E-state index contributed by atoms with van der Waals surface area (Å²) in [5.74, 6) is 0.951. The highest BCUT2D eigenvalue weighted by Crippen LogP contribution is 2.31. The number of para-hydroxylation sites is 2. The predicted molar refractivity (Wildman–Crippen MR) is 109 cm³/mol. The largest absolute Gasteiger partial charge is 0.486 e. The van der Waals surface area contributed by atoms with Crippen LogP contribution in [0.4, 0.5) is 0 Å². The second-order valence-electron chi connectivity index (χ2n) is 7.19. The number of hydrogen-bond acceptors (Lipinski definition) is 6. The average Bonchev–Trinajstić information content (AvgIpc) is 3.15. The van der Waals surface area contributed by atoms with Gasteiger partial charge >= 0.3 is 5.69 Å². The van der Waals surface area contributed by atoms with Gasteiger partial charge in [0.25, 0.3) is 5.56 Å². The molecule has 1 unspecified atom stereocenters. The predicted octanol–water partition coefficient (Wildman–Crippen LogP) is 0.122. The van der Waals surface area contributed by atoms with E-state index in [9.17, 15) is 14.4 Å². The minimum absolute atomic E-state index is 0.272. The van der Waals surface area contributed by atoms with Crippen molar-refractivity contribution in [3.63, 3.8) is 0 Å². The lowest BCUT2D eigenvalue weighted by Crippen LogP contribution is -2.48. The molecule has 1 aromatic carbocycles. The first kappa shape index (κ1) is 19.7. The van der Waals surface area contributed by atoms with Gasteiger partial charge in [-0.2, -0.15) is 0 Å². The third-order valence-corrected chi connectivity index (χ3v) is 5.22. The summed E-state index contributed by atoms with van der Waals surface area (Å²) >= 11 is 0. The Morgan fingerprint density at radius 3 is 2.70 bits per heavy atom. The van der Waals surface area contributed by atoms with Crippen LogP contribution < -0.4 is 20.7 Å². The molecule has 0 spiro atoms. The fourth-order valence-corrected chi connectivity index (χ4v) is 3.58. The number of aryl methyl sites for hydroxylation is 2. The third-order valence-electron chi connectivity index (χ3n) is 5.22. The van der Waals surface area contributed by atoms with Crippen molar-refractivity contribution in [2.24, 2.45) is 14.1 Å². The van der Waals surface area contributed by atoms with Crippen molar-refractivity contribution in [1.82, 2.24) is 23.6 Å². The fourth-order valence-electron chi connectivity index (χ4n) is 3.58. The minimum atomic E-state index is -0.582. The average molecular weight is 413 g/mol. The number of likely N-dealkylation sites (N-methyl/N-ethyl adjacent to an activating group) is 1. The molecule has 4 rings (SSSR count). The van der Waals surface area contributed by atoms with Crippen LogP contribution in [0.15, 0.2) is 40.2 Å². The topological polar surface area (TPSA) is 101 Å². The molecule has 0 saturated carbocycles. The summed E-state index contributed by atoms with van der Waals surface area (Å²) in [6, 6.07) is 7.35. The number of carbonyl (C=O) groups excluding carboxylic acids is 1. The number of rotatable bonds is 5. The van der Waals surface area contributed by atoms with E-state index in [1.54, 1.807) is 16.5 Å². The van der Waals surface area contributed by atoms with E-state index in [4.69, 9.17) is 9.47 Å². The summed E-state index contributed by atoms with van der Waals surface area (Å²) in [7, 11) is 3.20. The van der Waals surface area contributed by atoms with Crippen molar-refractivity contribution in [3.05, 3.63) is 51.4 Å². The maximum absolute atomic E-state index is 12.9. The number of carbonyl (C=O) groups is 1. The molecule has 1 atom stereocenters. The molecule has 0 fully saturated rings. The normalized spacial score (nSPS) is 15.4. The first-order valence-electron chi connectivity index (χ1n) is 9.67. The van der Waals surface area contributed by atoms with Crippen LogP contribution >= 0.6 is 0 Å². The number of hydrogen-bond donors (Lipinski definition) is 0. The standard InChI is InChI=1S/C20H23N5O5/c1-4-24(9-13-11-29-14-7-5-6-8-15(14)30-13)16(26)10-25-19(27)17-18(21-12-22(17)2)23(3)20(25)28/h5-8,12-13H,4,9-11H2,1-3H3. The van der Waals surface area contributed by atoms with Gasteiger partial charge in [0.2, 0.25) is 5.91 Å². The quantitative estimate of drug-likeness (QED) is 0.589. The number of aromatic nitrogens is 4. The second-order valence-corrected chi connectivity index (χ2v) is 7.19. The van der Waals surface area contributed by atoms with Gasteiger partial charge in [0.1, 0.15) is 13.2 Å². The highest BCUT2D eigenvalue weighted by molar-refractivity contribution is 5.77. The monoisotopic (exact) mass is 413 g/mol. The van der Waals surface area contributed by atoms with Crippen molar-refractivity contribution in [1.29, 1.82) is 0 Å². The van der Waals surface area contributed by atoms with E-state index in [-0.39, 0.29) is 36.3 Å². The Bertz CT molecular complexity index is 1220. The summed E-state index contributed by atoms with van der Waals surface area (Å²) in [5.41, 5.74) is -0.561. The van der Waals surface area contributed by atoms with Crippen molar-refractivity contribution in [3.8, 4) is 11.5 Å². The van der Waals surface area contributed by atoms with Crippen LogP contribution in [0.3, 0.4) is 0 Å². The number of imidazole rings is 1. The molecule has 1 amide bonds. The molecule has 0 N–H and O–H groups in total. The van der Waals surface area contributed by atoms with E-state index in [0.29, 0.717) is 24.7 Å².